The summed E-state index contributed by atoms with van der Waals surface area (Å²) in [5.41, 5.74) is 18.2. The maximum atomic E-state index is 6.35. The lowest BCUT2D eigenvalue weighted by Gasteiger charge is -2.33. The molecule has 0 amide bonds. The topological polar surface area (TPSA) is 19.6 Å². The van der Waals surface area contributed by atoms with Gasteiger partial charge in [-0.3, -0.25) is 0 Å². The Kier molecular flexibility index (Phi) is 7.52. The molecule has 62 heavy (non-hydrogen) atoms. The molecule has 0 bridgehead atoms. The summed E-state index contributed by atoms with van der Waals surface area (Å²) in [6.07, 6.45) is 0. The monoisotopic (exact) mass is 790 g/mol. The van der Waals surface area contributed by atoms with Gasteiger partial charge in [-0.05, 0) is 129 Å². The van der Waals surface area contributed by atoms with Crippen LogP contribution in [0.15, 0.2) is 235 Å². The Bertz CT molecular complexity index is 3500. The van der Waals surface area contributed by atoms with Gasteiger partial charge in [-0.1, -0.05) is 152 Å². The minimum atomic E-state index is -0.563. The van der Waals surface area contributed by atoms with Gasteiger partial charge < -0.3 is 14.2 Å². The highest BCUT2D eigenvalue weighted by atomic mass is 16.3. The maximum absolute atomic E-state index is 6.35. The summed E-state index contributed by atoms with van der Waals surface area (Å²) in [6, 6.07) is 84.1. The van der Waals surface area contributed by atoms with Gasteiger partial charge in [0.05, 0.1) is 11.1 Å². The molecule has 290 valence electrons. The average Bonchev–Trinajstić information content (AvgIpc) is 3.96. The third-order valence-electron chi connectivity index (χ3n) is 13.2. The van der Waals surface area contributed by atoms with E-state index in [1.54, 1.807) is 0 Å². The molecule has 1 aromatic heterocycles. The second-order valence-electron chi connectivity index (χ2n) is 16.4. The van der Waals surface area contributed by atoms with Gasteiger partial charge in [0.15, 0.2) is 0 Å². The number of anilines is 6. The molecular formula is C59H38N2O. The van der Waals surface area contributed by atoms with E-state index in [-0.39, 0.29) is 0 Å². The number of rotatable bonds is 6. The van der Waals surface area contributed by atoms with Gasteiger partial charge in [0, 0.05) is 44.6 Å². The molecule has 0 N–H and O–H groups in total. The lowest BCUT2D eigenvalue weighted by atomic mass is 9.70. The van der Waals surface area contributed by atoms with E-state index < -0.39 is 5.41 Å². The van der Waals surface area contributed by atoms with Crippen LogP contribution >= 0.6 is 0 Å². The molecule has 1 unspecified atom stereocenters. The van der Waals surface area contributed by atoms with Crippen molar-refractivity contribution >= 4 is 66.8 Å². The number of para-hydroxylation sites is 4. The molecule has 2 aliphatic rings. The summed E-state index contributed by atoms with van der Waals surface area (Å²) in [5, 5.41) is 4.65. The van der Waals surface area contributed by atoms with Crippen molar-refractivity contribution in [2.45, 2.75) is 5.41 Å². The second-order valence-corrected chi connectivity index (χ2v) is 16.4. The predicted octanol–water partition coefficient (Wildman–Crippen LogP) is 16.0. The smallest absolute Gasteiger partial charge is 0.135 e. The van der Waals surface area contributed by atoms with Crippen LogP contribution in [0.25, 0.3) is 55.0 Å². The average molecular weight is 791 g/mol. The Hall–Kier alpha value is -8.14. The van der Waals surface area contributed by atoms with E-state index in [4.69, 9.17) is 4.42 Å². The molecule has 2 aliphatic carbocycles. The minimum absolute atomic E-state index is 0.563. The molecule has 1 heterocycles. The van der Waals surface area contributed by atoms with Crippen molar-refractivity contribution in [2.75, 3.05) is 9.80 Å². The number of furan rings is 1. The van der Waals surface area contributed by atoms with E-state index in [1.165, 1.54) is 55.3 Å². The Morgan fingerprint density at radius 2 is 0.790 bits per heavy atom. The van der Waals surface area contributed by atoms with Crippen LogP contribution in [0, 0.1) is 0 Å². The van der Waals surface area contributed by atoms with Crippen LogP contribution in [0.5, 0.6) is 0 Å². The molecule has 3 heteroatoms. The molecule has 11 aromatic rings. The SMILES string of the molecule is c1ccc(N(c2ccccc2)c2ccc3c(c2)-c2ccccc2C32c3ccccc3-c3c2cc(N(c2ccccc2)c2ccc4oc5ccccc5c4c2)c2ccccc32)cc1. The van der Waals surface area contributed by atoms with Crippen molar-refractivity contribution in [1.29, 1.82) is 0 Å². The van der Waals surface area contributed by atoms with Crippen LogP contribution < -0.4 is 9.80 Å². The molecule has 13 rings (SSSR count). The number of nitrogens with zero attached hydrogens (tertiary/aromatic N) is 2. The second kappa shape index (κ2) is 13.4. The van der Waals surface area contributed by atoms with Gasteiger partial charge in [0.1, 0.15) is 11.2 Å². The predicted molar refractivity (Wildman–Crippen MR) is 257 cm³/mol. The number of benzene rings is 10. The Morgan fingerprint density at radius 3 is 1.50 bits per heavy atom. The van der Waals surface area contributed by atoms with Gasteiger partial charge in [0.2, 0.25) is 0 Å². The highest BCUT2D eigenvalue weighted by Crippen LogP contribution is 2.65. The van der Waals surface area contributed by atoms with Crippen LogP contribution in [0.1, 0.15) is 22.3 Å². The Labute approximate surface area is 360 Å². The lowest BCUT2D eigenvalue weighted by molar-refractivity contribution is 0.669. The molecule has 1 atom stereocenters. The van der Waals surface area contributed by atoms with Crippen LogP contribution in [-0.2, 0) is 5.41 Å². The molecule has 1 spiro atoms. The van der Waals surface area contributed by atoms with Crippen molar-refractivity contribution in [2.24, 2.45) is 0 Å². The fourth-order valence-corrected chi connectivity index (χ4v) is 10.8. The van der Waals surface area contributed by atoms with Crippen molar-refractivity contribution in [3.8, 4) is 22.3 Å². The summed E-state index contributed by atoms with van der Waals surface area (Å²) in [7, 11) is 0. The van der Waals surface area contributed by atoms with Crippen LogP contribution in [0.3, 0.4) is 0 Å². The highest BCUT2D eigenvalue weighted by Gasteiger charge is 2.52. The normalized spacial score (nSPS) is 14.5. The first-order valence-corrected chi connectivity index (χ1v) is 21.3. The summed E-state index contributed by atoms with van der Waals surface area (Å²) >= 11 is 0. The third-order valence-corrected chi connectivity index (χ3v) is 13.2. The number of hydrogen-bond donors (Lipinski definition) is 0. The fraction of sp³-hybridized carbons (Fsp3) is 0.0169. The van der Waals surface area contributed by atoms with E-state index in [1.807, 2.05) is 6.07 Å². The van der Waals surface area contributed by atoms with Gasteiger partial charge in [-0.15, -0.1) is 0 Å². The van der Waals surface area contributed by atoms with Crippen molar-refractivity contribution < 1.29 is 4.42 Å². The lowest BCUT2D eigenvalue weighted by Crippen LogP contribution is -2.26. The zero-order valence-electron chi connectivity index (χ0n) is 33.7. The molecule has 0 radical (unpaired) electrons. The van der Waals surface area contributed by atoms with E-state index >= 15 is 0 Å². The van der Waals surface area contributed by atoms with Crippen LogP contribution in [-0.4, -0.2) is 0 Å². The van der Waals surface area contributed by atoms with Gasteiger partial charge in [0.25, 0.3) is 0 Å². The first kappa shape index (κ1) is 34.7. The maximum Gasteiger partial charge on any atom is 0.135 e. The number of fused-ring (bicyclic) bond motifs is 15. The first-order chi connectivity index (χ1) is 30.8. The molecule has 10 aromatic carbocycles. The summed E-state index contributed by atoms with van der Waals surface area (Å²) in [6.45, 7) is 0. The largest absolute Gasteiger partial charge is 0.456 e. The Balaban J connectivity index is 1.10. The molecule has 0 saturated carbocycles. The fourth-order valence-electron chi connectivity index (χ4n) is 10.8. The quantitative estimate of drug-likeness (QED) is 0.167. The molecule has 0 fully saturated rings. The molecular weight excluding hydrogens is 753 g/mol. The van der Waals surface area contributed by atoms with Gasteiger partial charge in [-0.25, -0.2) is 0 Å². The van der Waals surface area contributed by atoms with E-state index in [0.717, 1.165) is 56.1 Å². The first-order valence-electron chi connectivity index (χ1n) is 21.3. The van der Waals surface area contributed by atoms with Crippen LogP contribution in [0.2, 0.25) is 0 Å². The zero-order chi connectivity index (χ0) is 40.8. The van der Waals surface area contributed by atoms with E-state index in [2.05, 4.69) is 234 Å². The van der Waals surface area contributed by atoms with Crippen molar-refractivity contribution in [3.63, 3.8) is 0 Å². The zero-order valence-corrected chi connectivity index (χ0v) is 33.7. The third kappa shape index (κ3) is 4.88. The number of hydrogen-bond acceptors (Lipinski definition) is 3. The van der Waals surface area contributed by atoms with Crippen LogP contribution in [0.4, 0.5) is 34.1 Å². The molecule has 0 aliphatic heterocycles. The van der Waals surface area contributed by atoms with E-state index in [9.17, 15) is 0 Å². The van der Waals surface area contributed by atoms with Gasteiger partial charge in [-0.2, -0.15) is 0 Å². The molecule has 0 saturated heterocycles. The summed E-state index contributed by atoms with van der Waals surface area (Å²) in [5.74, 6) is 0. The van der Waals surface area contributed by atoms with Crippen molar-refractivity contribution in [1.82, 2.24) is 0 Å². The standard InChI is InChI=1S/C59H38N2O/c1-4-18-39(19-5-1)60(40-20-6-2-7-21-40)42-32-34-53-49(36-42)44-24-12-15-29-51(44)59(53)52-30-16-13-28-48(52)58-47-27-11-10-25-45(47)55(38-54(58)59)61(41-22-8-3-9-23-41)43-33-35-57-50(37-43)46-26-14-17-31-56(46)62-57/h1-38H. The minimum Gasteiger partial charge on any atom is -0.456 e. The Morgan fingerprint density at radius 1 is 0.290 bits per heavy atom. The van der Waals surface area contributed by atoms with E-state index in [0.29, 0.717) is 0 Å². The summed E-state index contributed by atoms with van der Waals surface area (Å²) in [4.78, 5) is 4.82. The van der Waals surface area contributed by atoms with Gasteiger partial charge >= 0.3 is 0 Å². The highest BCUT2D eigenvalue weighted by molar-refractivity contribution is 6.13. The summed E-state index contributed by atoms with van der Waals surface area (Å²) < 4.78 is 6.35. The van der Waals surface area contributed by atoms with Crippen molar-refractivity contribution in [3.05, 3.63) is 253 Å². The molecule has 3 nitrogen and oxygen atoms in total.